The van der Waals surface area contributed by atoms with E-state index in [0.29, 0.717) is 11.6 Å². The van der Waals surface area contributed by atoms with Crippen LogP contribution in [0.4, 0.5) is 10.2 Å². The van der Waals surface area contributed by atoms with Crippen LogP contribution in [0, 0.1) is 5.82 Å². The van der Waals surface area contributed by atoms with Crippen LogP contribution in [0.3, 0.4) is 0 Å². The van der Waals surface area contributed by atoms with Gasteiger partial charge in [0.05, 0.1) is 5.02 Å². The Hall–Kier alpha value is -1.88. The molecular weight excluding hydrogens is 233 g/mol. The van der Waals surface area contributed by atoms with Crippen LogP contribution in [0.25, 0.3) is 0 Å². The predicted molar refractivity (Wildman–Crippen MR) is 57.9 cm³/mol. The smallest absolute Gasteiger partial charge is 0.224 e. The Morgan fingerprint density at radius 3 is 2.75 bits per heavy atom. The predicted octanol–water partition coefficient (Wildman–Crippen LogP) is 2.64. The molecular formula is C10H7ClFN3O. The molecule has 0 amide bonds. The largest absolute Gasteiger partial charge is 0.439 e. The van der Waals surface area contributed by atoms with Crippen LogP contribution < -0.4 is 10.5 Å². The lowest BCUT2D eigenvalue weighted by Gasteiger charge is -2.05. The van der Waals surface area contributed by atoms with E-state index in [0.717, 1.165) is 0 Å². The highest BCUT2D eigenvalue weighted by Gasteiger charge is 2.04. The van der Waals surface area contributed by atoms with Gasteiger partial charge in [-0.05, 0) is 12.1 Å². The fourth-order valence-electron chi connectivity index (χ4n) is 1.07. The van der Waals surface area contributed by atoms with Crippen molar-refractivity contribution in [2.24, 2.45) is 0 Å². The second-order valence-corrected chi connectivity index (χ2v) is 3.37. The first kappa shape index (κ1) is 10.6. The summed E-state index contributed by atoms with van der Waals surface area (Å²) in [6.45, 7) is 0. The summed E-state index contributed by atoms with van der Waals surface area (Å²) >= 11 is 5.60. The molecule has 82 valence electrons. The summed E-state index contributed by atoms with van der Waals surface area (Å²) in [5.41, 5.74) is 5.45. The number of aromatic nitrogens is 2. The molecule has 2 aromatic rings. The van der Waals surface area contributed by atoms with E-state index in [1.165, 1.54) is 30.6 Å². The maximum Gasteiger partial charge on any atom is 0.224 e. The summed E-state index contributed by atoms with van der Waals surface area (Å²) in [7, 11) is 0. The van der Waals surface area contributed by atoms with Crippen molar-refractivity contribution in [2.45, 2.75) is 0 Å². The van der Waals surface area contributed by atoms with Crippen molar-refractivity contribution >= 4 is 17.4 Å². The van der Waals surface area contributed by atoms with Crippen LogP contribution in [0.15, 0.2) is 30.6 Å². The lowest BCUT2D eigenvalue weighted by molar-refractivity contribution is 0.460. The topological polar surface area (TPSA) is 61.0 Å². The van der Waals surface area contributed by atoms with Gasteiger partial charge >= 0.3 is 0 Å². The zero-order chi connectivity index (χ0) is 11.5. The van der Waals surface area contributed by atoms with Gasteiger partial charge in [-0.1, -0.05) is 11.6 Å². The lowest BCUT2D eigenvalue weighted by atomic mass is 10.3. The zero-order valence-electron chi connectivity index (χ0n) is 8.02. The van der Waals surface area contributed by atoms with Crippen LogP contribution in [-0.2, 0) is 0 Å². The van der Waals surface area contributed by atoms with Crippen LogP contribution in [0.5, 0.6) is 11.6 Å². The number of anilines is 1. The minimum atomic E-state index is -0.504. The van der Waals surface area contributed by atoms with Gasteiger partial charge in [0.25, 0.3) is 0 Å². The van der Waals surface area contributed by atoms with E-state index in [-0.39, 0.29) is 10.9 Å². The van der Waals surface area contributed by atoms with Gasteiger partial charge < -0.3 is 10.5 Å². The molecule has 0 saturated heterocycles. The van der Waals surface area contributed by atoms with Crippen LogP contribution in [0.1, 0.15) is 0 Å². The third-order valence-electron chi connectivity index (χ3n) is 1.78. The Kier molecular flexibility index (Phi) is 2.87. The quantitative estimate of drug-likeness (QED) is 0.875. The fraction of sp³-hybridized carbons (Fsp3) is 0. The summed E-state index contributed by atoms with van der Waals surface area (Å²) in [4.78, 5) is 7.55. The van der Waals surface area contributed by atoms with Crippen LogP contribution >= 0.6 is 11.6 Å². The molecule has 0 aliphatic carbocycles. The molecule has 1 aromatic carbocycles. The zero-order valence-corrected chi connectivity index (χ0v) is 8.78. The number of nitrogens with zero attached hydrogens (tertiary/aromatic N) is 2. The molecule has 0 spiro atoms. The molecule has 1 aromatic heterocycles. The highest BCUT2D eigenvalue weighted by Crippen LogP contribution is 2.25. The molecule has 1 heterocycles. The van der Waals surface area contributed by atoms with Crippen molar-refractivity contribution in [1.29, 1.82) is 0 Å². The molecule has 2 N–H and O–H groups in total. The Morgan fingerprint density at radius 2 is 2.06 bits per heavy atom. The second-order valence-electron chi connectivity index (χ2n) is 2.96. The van der Waals surface area contributed by atoms with Gasteiger partial charge in [-0.2, -0.15) is 0 Å². The third kappa shape index (κ3) is 2.38. The average Bonchev–Trinajstić information content (AvgIpc) is 2.24. The molecule has 6 heteroatoms. The summed E-state index contributed by atoms with van der Waals surface area (Å²) in [5, 5.41) is -0.0143. The van der Waals surface area contributed by atoms with Crippen LogP contribution in [0.2, 0.25) is 5.02 Å². The normalized spacial score (nSPS) is 10.1. The van der Waals surface area contributed by atoms with E-state index >= 15 is 0 Å². The maximum atomic E-state index is 12.9. The Bertz CT molecular complexity index is 521. The minimum absolute atomic E-state index is 0.0143. The number of nitrogen functional groups attached to an aromatic ring is 1. The number of rotatable bonds is 2. The van der Waals surface area contributed by atoms with E-state index < -0.39 is 5.82 Å². The third-order valence-corrected chi connectivity index (χ3v) is 2.07. The van der Waals surface area contributed by atoms with Gasteiger partial charge in [0.2, 0.25) is 5.88 Å². The number of halogens is 2. The van der Waals surface area contributed by atoms with Crippen molar-refractivity contribution in [1.82, 2.24) is 9.97 Å². The van der Waals surface area contributed by atoms with Crippen molar-refractivity contribution < 1.29 is 9.13 Å². The molecule has 4 nitrogen and oxygen atoms in total. The molecule has 0 unspecified atom stereocenters. The van der Waals surface area contributed by atoms with E-state index in [1.807, 2.05) is 0 Å². The highest BCUT2D eigenvalue weighted by atomic mass is 35.5. The number of hydrogen-bond donors (Lipinski definition) is 1. The van der Waals surface area contributed by atoms with Crippen LogP contribution in [-0.4, -0.2) is 9.97 Å². The first-order valence-corrected chi connectivity index (χ1v) is 4.73. The lowest BCUT2D eigenvalue weighted by Crippen LogP contribution is -1.93. The monoisotopic (exact) mass is 239 g/mol. The van der Waals surface area contributed by atoms with Gasteiger partial charge in [0, 0.05) is 12.1 Å². The molecule has 0 bridgehead atoms. The first-order valence-electron chi connectivity index (χ1n) is 4.35. The van der Waals surface area contributed by atoms with Crippen molar-refractivity contribution in [3.05, 3.63) is 41.4 Å². The van der Waals surface area contributed by atoms with Crippen molar-refractivity contribution in [3.8, 4) is 11.6 Å². The SMILES string of the molecule is Nc1cc(Oc2ccc(F)c(Cl)c2)ncn1. The Labute approximate surface area is 95.9 Å². The standard InChI is InChI=1S/C10H7ClFN3O/c11-7-3-6(1-2-8(7)12)16-10-4-9(13)14-5-15-10/h1-5H,(H2,13,14,15). The van der Waals surface area contributed by atoms with E-state index in [1.54, 1.807) is 0 Å². The second kappa shape index (κ2) is 4.32. The average molecular weight is 240 g/mol. The molecule has 0 aliphatic heterocycles. The molecule has 0 radical (unpaired) electrons. The van der Waals surface area contributed by atoms with Gasteiger partial charge in [0.15, 0.2) is 0 Å². The highest BCUT2D eigenvalue weighted by molar-refractivity contribution is 6.30. The summed E-state index contributed by atoms with van der Waals surface area (Å²) in [6, 6.07) is 5.47. The van der Waals surface area contributed by atoms with Gasteiger partial charge in [0.1, 0.15) is 23.7 Å². The number of nitrogens with two attached hydrogens (primary N) is 1. The summed E-state index contributed by atoms with van der Waals surface area (Å²) in [5.74, 6) is 0.439. The van der Waals surface area contributed by atoms with E-state index in [4.69, 9.17) is 22.1 Å². The van der Waals surface area contributed by atoms with Gasteiger partial charge in [-0.3, -0.25) is 0 Å². The van der Waals surface area contributed by atoms with Gasteiger partial charge in [-0.25, -0.2) is 14.4 Å². The Balaban J connectivity index is 2.24. The fourth-order valence-corrected chi connectivity index (χ4v) is 1.24. The number of benzene rings is 1. The van der Waals surface area contributed by atoms with Gasteiger partial charge in [-0.15, -0.1) is 0 Å². The molecule has 0 atom stereocenters. The number of hydrogen-bond acceptors (Lipinski definition) is 4. The van der Waals surface area contributed by atoms with E-state index in [9.17, 15) is 4.39 Å². The van der Waals surface area contributed by atoms with E-state index in [2.05, 4.69) is 9.97 Å². The van der Waals surface area contributed by atoms with Crippen molar-refractivity contribution in [3.63, 3.8) is 0 Å². The minimum Gasteiger partial charge on any atom is -0.439 e. The summed E-state index contributed by atoms with van der Waals surface area (Å²) < 4.78 is 18.2. The Morgan fingerprint density at radius 1 is 1.25 bits per heavy atom. The molecule has 16 heavy (non-hydrogen) atoms. The molecule has 2 rings (SSSR count). The molecule has 0 fully saturated rings. The first-order chi connectivity index (χ1) is 7.65. The maximum absolute atomic E-state index is 12.9. The molecule has 0 saturated carbocycles. The number of ether oxygens (including phenoxy) is 1. The summed E-state index contributed by atoms with van der Waals surface area (Å²) in [6.07, 6.45) is 1.27. The van der Waals surface area contributed by atoms with Crippen molar-refractivity contribution in [2.75, 3.05) is 5.73 Å². The molecule has 0 aliphatic rings.